The first-order valence-electron chi connectivity index (χ1n) is 7.77. The van der Waals surface area contributed by atoms with Crippen LogP contribution < -0.4 is 10.6 Å². The van der Waals surface area contributed by atoms with Gasteiger partial charge in [-0.1, -0.05) is 32.5 Å². The van der Waals surface area contributed by atoms with Crippen LogP contribution in [0.5, 0.6) is 0 Å². The summed E-state index contributed by atoms with van der Waals surface area (Å²) >= 11 is 1.55. The average molecular weight is 327 g/mol. The molecule has 2 N–H and O–H groups in total. The molecule has 2 heterocycles. The van der Waals surface area contributed by atoms with Crippen LogP contribution in [0.1, 0.15) is 44.9 Å². The minimum Gasteiger partial charge on any atom is -0.351 e. The summed E-state index contributed by atoms with van der Waals surface area (Å²) in [6, 6.07) is 2.80. The van der Waals surface area contributed by atoms with E-state index in [1.54, 1.807) is 18.0 Å². The minimum absolute atomic E-state index is 0.0225. The summed E-state index contributed by atoms with van der Waals surface area (Å²) in [5.41, 5.74) is 3.32. The van der Waals surface area contributed by atoms with Crippen molar-refractivity contribution in [2.75, 3.05) is 5.32 Å². The summed E-state index contributed by atoms with van der Waals surface area (Å²) in [5, 5.41) is 19.3. The summed E-state index contributed by atoms with van der Waals surface area (Å²) in [7, 11) is 0. The number of nitriles is 1. The molecule has 1 aromatic rings. The van der Waals surface area contributed by atoms with Gasteiger partial charge >= 0.3 is 0 Å². The molecule has 3 rings (SSSR count). The largest absolute Gasteiger partial charge is 0.351 e. The van der Waals surface area contributed by atoms with Crippen LogP contribution in [0.25, 0.3) is 5.57 Å². The molecule has 120 valence electrons. The van der Waals surface area contributed by atoms with Crippen molar-refractivity contribution < 1.29 is 0 Å². The van der Waals surface area contributed by atoms with E-state index in [9.17, 15) is 5.26 Å². The lowest BCUT2D eigenvalue weighted by atomic mass is 9.93. The molecule has 1 aliphatic heterocycles. The fourth-order valence-corrected chi connectivity index (χ4v) is 3.25. The van der Waals surface area contributed by atoms with Crippen LogP contribution in [0, 0.1) is 23.7 Å². The number of thioether (sulfide) groups is 1. The van der Waals surface area contributed by atoms with Crippen LogP contribution in [-0.4, -0.2) is 16.0 Å². The fourth-order valence-electron chi connectivity index (χ4n) is 2.17. The molecule has 1 aliphatic carbocycles. The van der Waals surface area contributed by atoms with E-state index in [4.69, 9.17) is 0 Å². The van der Waals surface area contributed by atoms with Gasteiger partial charge in [0.1, 0.15) is 11.6 Å². The molecule has 0 saturated heterocycles. The molecule has 1 aromatic heterocycles. The summed E-state index contributed by atoms with van der Waals surface area (Å²) < 4.78 is 0. The van der Waals surface area contributed by atoms with E-state index >= 15 is 0 Å². The Balaban J connectivity index is 1.92. The van der Waals surface area contributed by atoms with Crippen molar-refractivity contribution in [3.63, 3.8) is 0 Å². The Morgan fingerprint density at radius 1 is 1.43 bits per heavy atom. The fraction of sp³-hybridized carbons (Fsp3) is 0.471. The van der Waals surface area contributed by atoms with Crippen LogP contribution in [-0.2, 0) is 0 Å². The average Bonchev–Trinajstić information content (AvgIpc) is 3.15. The quantitative estimate of drug-likeness (QED) is 0.823. The van der Waals surface area contributed by atoms with Gasteiger partial charge in [0, 0.05) is 23.4 Å². The number of rotatable bonds is 3. The smallest absolute Gasteiger partial charge is 0.223 e. The molecule has 0 amide bonds. The summed E-state index contributed by atoms with van der Waals surface area (Å²) in [5.74, 6) is 0.605. The number of nitrogens with one attached hydrogen (secondary N) is 2. The van der Waals surface area contributed by atoms with Crippen molar-refractivity contribution in [2.45, 2.75) is 46.6 Å². The van der Waals surface area contributed by atoms with Crippen molar-refractivity contribution in [1.82, 2.24) is 15.3 Å². The van der Waals surface area contributed by atoms with Crippen LogP contribution >= 0.6 is 11.8 Å². The van der Waals surface area contributed by atoms with Crippen molar-refractivity contribution in [1.29, 1.82) is 5.26 Å². The highest BCUT2D eigenvalue weighted by atomic mass is 32.2. The topological polar surface area (TPSA) is 73.6 Å². The Hall–Kier alpha value is -2.00. The number of aromatic nitrogens is 2. The minimum atomic E-state index is 0.0225. The van der Waals surface area contributed by atoms with E-state index in [1.807, 2.05) is 6.92 Å². The maximum Gasteiger partial charge on any atom is 0.223 e. The van der Waals surface area contributed by atoms with Crippen LogP contribution in [0.4, 0.5) is 5.95 Å². The molecule has 23 heavy (non-hydrogen) atoms. The Bertz CT molecular complexity index is 732. The lowest BCUT2D eigenvalue weighted by Gasteiger charge is -2.20. The van der Waals surface area contributed by atoms with Gasteiger partial charge in [-0.15, -0.1) is 0 Å². The van der Waals surface area contributed by atoms with Crippen LogP contribution in [0.3, 0.4) is 0 Å². The molecule has 1 saturated carbocycles. The van der Waals surface area contributed by atoms with Crippen molar-refractivity contribution in [3.05, 3.63) is 33.6 Å². The molecule has 0 atom stereocenters. The highest BCUT2D eigenvalue weighted by molar-refractivity contribution is 8.06. The van der Waals surface area contributed by atoms with Crippen molar-refractivity contribution in [2.24, 2.45) is 5.41 Å². The first kappa shape index (κ1) is 15.9. The molecule has 0 bridgehead atoms. The van der Waals surface area contributed by atoms with Gasteiger partial charge in [0.15, 0.2) is 0 Å². The number of hydrogen-bond donors (Lipinski definition) is 2. The molecule has 5 nitrogen and oxygen atoms in total. The van der Waals surface area contributed by atoms with Gasteiger partial charge in [-0.05, 0) is 30.7 Å². The van der Waals surface area contributed by atoms with Crippen LogP contribution in [0.2, 0.25) is 0 Å². The molecular weight excluding hydrogens is 306 g/mol. The number of aryl methyl sites for hydroxylation is 1. The third kappa shape index (κ3) is 3.50. The first-order chi connectivity index (χ1) is 10.9. The first-order valence-corrected chi connectivity index (χ1v) is 8.65. The maximum atomic E-state index is 9.67. The van der Waals surface area contributed by atoms with Crippen molar-refractivity contribution in [3.8, 4) is 6.07 Å². The monoisotopic (exact) mass is 327 g/mol. The molecule has 0 aromatic carbocycles. The zero-order valence-corrected chi connectivity index (χ0v) is 14.7. The highest BCUT2D eigenvalue weighted by Crippen LogP contribution is 2.38. The van der Waals surface area contributed by atoms with E-state index in [-0.39, 0.29) is 5.41 Å². The Labute approximate surface area is 141 Å². The molecule has 1 fully saturated rings. The van der Waals surface area contributed by atoms with E-state index in [2.05, 4.69) is 52.9 Å². The third-order valence-electron chi connectivity index (χ3n) is 3.81. The standard InChI is InChI=1S/C17H21N5S/c1-10-8-19-16(20-11-5-6-11)22-14(10)12(7-18)15-21-13(9-23-15)17(2,3)4/h8-9,11,21H,5-6H2,1-4H3,(H,19,20,22)/b15-12+. The number of allylic oxidation sites excluding steroid dienone is 2. The number of anilines is 1. The summed E-state index contributed by atoms with van der Waals surface area (Å²) in [6.07, 6.45) is 4.10. The van der Waals surface area contributed by atoms with Crippen molar-refractivity contribution >= 4 is 23.3 Å². The van der Waals surface area contributed by atoms with E-state index in [1.165, 1.54) is 0 Å². The molecule has 0 spiro atoms. The van der Waals surface area contributed by atoms with Crippen LogP contribution in [0.15, 0.2) is 22.3 Å². The number of nitrogens with zero attached hydrogens (tertiary/aromatic N) is 3. The second-order valence-electron chi connectivity index (χ2n) is 6.98. The van der Waals surface area contributed by atoms with E-state index in [0.29, 0.717) is 23.3 Å². The Kier molecular flexibility index (Phi) is 4.07. The molecule has 2 aliphatic rings. The van der Waals surface area contributed by atoms with E-state index in [0.717, 1.165) is 29.1 Å². The van der Waals surface area contributed by atoms with Gasteiger partial charge in [0.05, 0.1) is 10.7 Å². The maximum absolute atomic E-state index is 9.67. The summed E-state index contributed by atoms with van der Waals surface area (Å²) in [6.45, 7) is 8.38. The second-order valence-corrected chi connectivity index (χ2v) is 7.86. The molecule has 0 radical (unpaired) electrons. The molecule has 0 unspecified atom stereocenters. The second kappa shape index (κ2) is 5.89. The van der Waals surface area contributed by atoms with Gasteiger partial charge in [0.25, 0.3) is 0 Å². The zero-order chi connectivity index (χ0) is 16.6. The lowest BCUT2D eigenvalue weighted by molar-refractivity contribution is 0.481. The van der Waals surface area contributed by atoms with Gasteiger partial charge in [-0.3, -0.25) is 0 Å². The van der Waals surface area contributed by atoms with Gasteiger partial charge in [0.2, 0.25) is 5.95 Å². The Morgan fingerprint density at radius 2 is 2.17 bits per heavy atom. The third-order valence-corrected chi connectivity index (χ3v) is 4.70. The van der Waals surface area contributed by atoms with Gasteiger partial charge in [-0.2, -0.15) is 5.26 Å². The van der Waals surface area contributed by atoms with Gasteiger partial charge in [-0.25, -0.2) is 9.97 Å². The molecular formula is C17H21N5S. The highest BCUT2D eigenvalue weighted by Gasteiger charge is 2.26. The zero-order valence-electron chi connectivity index (χ0n) is 13.9. The SMILES string of the molecule is Cc1cnc(NC2CC2)nc1/C(C#N)=C1\NC(C(C)(C)C)=CS1. The van der Waals surface area contributed by atoms with E-state index < -0.39 is 0 Å². The lowest BCUT2D eigenvalue weighted by Crippen LogP contribution is -2.20. The number of hydrogen-bond acceptors (Lipinski definition) is 6. The predicted molar refractivity (Wildman–Crippen MR) is 94.2 cm³/mol. The summed E-state index contributed by atoms with van der Waals surface area (Å²) in [4.78, 5) is 8.90. The Morgan fingerprint density at radius 3 is 2.74 bits per heavy atom. The normalized spacial score (nSPS) is 19.7. The predicted octanol–water partition coefficient (Wildman–Crippen LogP) is 3.78. The van der Waals surface area contributed by atoms with Gasteiger partial charge < -0.3 is 10.6 Å². The molecule has 6 heteroatoms.